The number of Topliss-reactive ketones (excluding diaryl/α,β-unsaturated/α-hetero) is 1. The fraction of sp³-hybridized carbons (Fsp3) is 0.444. The Balaban J connectivity index is 1.87. The largest absolute Gasteiger partial charge is 0.496 e. The molecule has 2 aromatic rings. The standard InChI is InChI=1S/C18H19NO5/c1-21-13-7-2-5-11(15(13)18-22-9-4-10-23-18)17-16-12(20)6-3-8-14(16)24-19-17/h2,5,7,18H,3-4,6,8-10H2,1H3. The van der Waals surface area contributed by atoms with Gasteiger partial charge < -0.3 is 18.7 Å². The second-order valence-corrected chi connectivity index (χ2v) is 5.95. The molecule has 0 atom stereocenters. The second-order valence-electron chi connectivity index (χ2n) is 5.95. The number of carbonyl (C=O) groups excluding carboxylic acids is 1. The maximum atomic E-state index is 12.4. The molecule has 0 amide bonds. The van der Waals surface area contributed by atoms with E-state index in [0.29, 0.717) is 42.4 Å². The van der Waals surface area contributed by atoms with Gasteiger partial charge in [-0.25, -0.2) is 0 Å². The number of nitrogens with zero attached hydrogens (tertiary/aromatic N) is 1. The van der Waals surface area contributed by atoms with E-state index in [9.17, 15) is 4.79 Å². The van der Waals surface area contributed by atoms with Crippen LogP contribution < -0.4 is 4.74 Å². The summed E-state index contributed by atoms with van der Waals surface area (Å²) in [6.07, 6.45) is 2.40. The van der Waals surface area contributed by atoms with Crippen LogP contribution in [0.5, 0.6) is 5.75 Å². The van der Waals surface area contributed by atoms with Crippen LogP contribution in [-0.4, -0.2) is 31.3 Å². The molecule has 4 rings (SSSR count). The Labute approximate surface area is 139 Å². The summed E-state index contributed by atoms with van der Waals surface area (Å²) in [5.41, 5.74) is 2.67. The minimum Gasteiger partial charge on any atom is -0.496 e. The molecule has 1 aromatic heterocycles. The van der Waals surface area contributed by atoms with Crippen molar-refractivity contribution >= 4 is 5.78 Å². The molecule has 1 aliphatic heterocycles. The van der Waals surface area contributed by atoms with Crippen molar-refractivity contribution in [3.05, 3.63) is 35.1 Å². The third kappa shape index (κ3) is 2.52. The van der Waals surface area contributed by atoms with Crippen LogP contribution in [0.15, 0.2) is 22.7 Å². The van der Waals surface area contributed by atoms with Crippen LogP contribution in [0.1, 0.15) is 47.2 Å². The summed E-state index contributed by atoms with van der Waals surface area (Å²) < 4.78 is 22.5. The van der Waals surface area contributed by atoms with Crippen molar-refractivity contribution in [3.8, 4) is 17.0 Å². The maximum absolute atomic E-state index is 12.4. The highest BCUT2D eigenvalue weighted by Crippen LogP contribution is 2.41. The summed E-state index contributed by atoms with van der Waals surface area (Å²) in [7, 11) is 1.61. The molecule has 0 saturated carbocycles. The Hall–Kier alpha value is -2.18. The van der Waals surface area contributed by atoms with E-state index in [2.05, 4.69) is 5.16 Å². The number of aromatic nitrogens is 1. The number of rotatable bonds is 3. The zero-order valence-corrected chi connectivity index (χ0v) is 13.5. The number of carbonyl (C=O) groups is 1. The lowest BCUT2D eigenvalue weighted by molar-refractivity contribution is -0.183. The molecule has 0 radical (unpaired) electrons. The van der Waals surface area contributed by atoms with Crippen LogP contribution >= 0.6 is 0 Å². The number of hydrogen-bond donors (Lipinski definition) is 0. The zero-order valence-electron chi connectivity index (χ0n) is 13.5. The summed E-state index contributed by atoms with van der Waals surface area (Å²) in [6.45, 7) is 1.25. The normalized spacial score (nSPS) is 18.5. The van der Waals surface area contributed by atoms with E-state index in [-0.39, 0.29) is 5.78 Å². The van der Waals surface area contributed by atoms with E-state index in [4.69, 9.17) is 18.7 Å². The van der Waals surface area contributed by atoms with Crippen molar-refractivity contribution in [2.24, 2.45) is 0 Å². The number of hydrogen-bond acceptors (Lipinski definition) is 6. The topological polar surface area (TPSA) is 70.8 Å². The highest BCUT2D eigenvalue weighted by molar-refractivity contribution is 6.03. The average molecular weight is 329 g/mol. The van der Waals surface area contributed by atoms with Gasteiger partial charge in [0, 0.05) is 18.4 Å². The van der Waals surface area contributed by atoms with Gasteiger partial charge in [-0.05, 0) is 18.9 Å². The van der Waals surface area contributed by atoms with Crippen molar-refractivity contribution in [2.45, 2.75) is 32.0 Å². The maximum Gasteiger partial charge on any atom is 0.188 e. The highest BCUT2D eigenvalue weighted by atomic mass is 16.7. The van der Waals surface area contributed by atoms with Gasteiger partial charge in [-0.1, -0.05) is 17.3 Å². The molecule has 1 fully saturated rings. The Morgan fingerprint density at radius 2 is 2.00 bits per heavy atom. The summed E-state index contributed by atoms with van der Waals surface area (Å²) in [5.74, 6) is 1.40. The van der Waals surface area contributed by atoms with E-state index in [1.807, 2.05) is 18.2 Å². The minimum absolute atomic E-state index is 0.0757. The molecule has 2 aliphatic rings. The van der Waals surface area contributed by atoms with E-state index in [1.54, 1.807) is 7.11 Å². The monoisotopic (exact) mass is 329 g/mol. The fourth-order valence-electron chi connectivity index (χ4n) is 3.33. The molecular weight excluding hydrogens is 310 g/mol. The molecule has 0 unspecified atom stereocenters. The van der Waals surface area contributed by atoms with Gasteiger partial charge in [0.1, 0.15) is 17.2 Å². The Morgan fingerprint density at radius 1 is 1.17 bits per heavy atom. The van der Waals surface area contributed by atoms with Gasteiger partial charge in [0.05, 0.1) is 31.5 Å². The van der Waals surface area contributed by atoms with E-state index >= 15 is 0 Å². The predicted molar refractivity (Wildman–Crippen MR) is 85.0 cm³/mol. The van der Waals surface area contributed by atoms with Gasteiger partial charge in [0.15, 0.2) is 12.1 Å². The highest BCUT2D eigenvalue weighted by Gasteiger charge is 2.31. The smallest absolute Gasteiger partial charge is 0.188 e. The molecule has 1 aromatic carbocycles. The number of methoxy groups -OCH3 is 1. The zero-order chi connectivity index (χ0) is 16.5. The van der Waals surface area contributed by atoms with E-state index in [1.165, 1.54) is 0 Å². The summed E-state index contributed by atoms with van der Waals surface area (Å²) in [4.78, 5) is 12.4. The van der Waals surface area contributed by atoms with Crippen LogP contribution in [0.3, 0.4) is 0 Å². The summed E-state index contributed by atoms with van der Waals surface area (Å²) >= 11 is 0. The molecule has 1 aliphatic carbocycles. The number of benzene rings is 1. The molecule has 0 bridgehead atoms. The molecule has 0 N–H and O–H groups in total. The number of fused-ring (bicyclic) bond motifs is 1. The Bertz CT molecular complexity index is 761. The van der Waals surface area contributed by atoms with Gasteiger partial charge in [0.25, 0.3) is 0 Å². The lowest BCUT2D eigenvalue weighted by Gasteiger charge is -2.26. The van der Waals surface area contributed by atoms with Crippen molar-refractivity contribution in [2.75, 3.05) is 20.3 Å². The summed E-state index contributed by atoms with van der Waals surface area (Å²) in [5, 5.41) is 4.19. The first-order valence-electron chi connectivity index (χ1n) is 8.22. The van der Waals surface area contributed by atoms with Gasteiger partial charge in [-0.3, -0.25) is 4.79 Å². The molecule has 0 spiro atoms. The SMILES string of the molecule is COc1cccc(-c2noc3c2C(=O)CCC3)c1C1OCCCO1. The predicted octanol–water partition coefficient (Wildman–Crippen LogP) is 3.30. The van der Waals surface area contributed by atoms with Crippen molar-refractivity contribution in [1.82, 2.24) is 5.16 Å². The molecule has 6 heteroatoms. The van der Waals surface area contributed by atoms with Crippen LogP contribution in [0, 0.1) is 0 Å². The van der Waals surface area contributed by atoms with Gasteiger partial charge in [-0.15, -0.1) is 0 Å². The van der Waals surface area contributed by atoms with E-state index < -0.39 is 6.29 Å². The average Bonchev–Trinajstić information content (AvgIpc) is 3.07. The first-order valence-corrected chi connectivity index (χ1v) is 8.22. The van der Waals surface area contributed by atoms with Crippen molar-refractivity contribution in [1.29, 1.82) is 0 Å². The Kier molecular flexibility index (Phi) is 4.08. The first-order chi connectivity index (χ1) is 11.8. The molecule has 126 valence electrons. The van der Waals surface area contributed by atoms with Crippen molar-refractivity contribution in [3.63, 3.8) is 0 Å². The van der Waals surface area contributed by atoms with E-state index in [0.717, 1.165) is 30.4 Å². The minimum atomic E-state index is -0.532. The van der Waals surface area contributed by atoms with Crippen molar-refractivity contribution < 1.29 is 23.5 Å². The summed E-state index contributed by atoms with van der Waals surface area (Å²) in [6, 6.07) is 5.63. The van der Waals surface area contributed by atoms with Gasteiger partial charge in [0.2, 0.25) is 0 Å². The van der Waals surface area contributed by atoms with Gasteiger partial charge in [-0.2, -0.15) is 0 Å². The number of aryl methyl sites for hydroxylation is 1. The number of ketones is 1. The van der Waals surface area contributed by atoms with Crippen LogP contribution in [0.25, 0.3) is 11.3 Å². The molecular formula is C18H19NO5. The first kappa shape index (κ1) is 15.4. The lowest BCUT2D eigenvalue weighted by Crippen LogP contribution is -2.19. The van der Waals surface area contributed by atoms with Gasteiger partial charge >= 0.3 is 0 Å². The molecule has 24 heavy (non-hydrogen) atoms. The Morgan fingerprint density at radius 3 is 2.79 bits per heavy atom. The molecule has 1 saturated heterocycles. The second kappa shape index (κ2) is 6.37. The van der Waals surface area contributed by atoms with Crippen LogP contribution in [0.4, 0.5) is 0 Å². The quantitative estimate of drug-likeness (QED) is 0.860. The lowest BCUT2D eigenvalue weighted by atomic mass is 9.91. The third-order valence-corrected chi connectivity index (χ3v) is 4.45. The van der Waals surface area contributed by atoms with Crippen LogP contribution in [-0.2, 0) is 15.9 Å². The molecule has 6 nitrogen and oxygen atoms in total. The van der Waals surface area contributed by atoms with Crippen LogP contribution in [0.2, 0.25) is 0 Å². The third-order valence-electron chi connectivity index (χ3n) is 4.45. The number of ether oxygens (including phenoxy) is 3. The molecule has 2 heterocycles. The fourth-order valence-corrected chi connectivity index (χ4v) is 3.33.